The fraction of sp³-hybridized carbons (Fsp3) is 0.333. The van der Waals surface area contributed by atoms with E-state index in [2.05, 4.69) is 10.0 Å². The highest BCUT2D eigenvalue weighted by atomic mass is 16.3. The maximum absolute atomic E-state index is 8.07. The van der Waals surface area contributed by atoms with E-state index in [0.717, 1.165) is 5.76 Å². The Morgan fingerprint density at radius 1 is 1.60 bits per heavy atom. The Bertz CT molecular complexity index is 283. The predicted molar refractivity (Wildman–Crippen MR) is 37.0 cm³/mol. The molecule has 1 rings (SSSR count). The Kier molecular flexibility index (Phi) is 1.65. The van der Waals surface area contributed by atoms with Crippen molar-refractivity contribution in [3.8, 4) is 0 Å². The second-order valence-corrected chi connectivity index (χ2v) is 1.99. The lowest BCUT2D eigenvalue weighted by Gasteiger charge is -1.81. The van der Waals surface area contributed by atoms with Crippen molar-refractivity contribution in [2.75, 3.05) is 0 Å². The van der Waals surface area contributed by atoms with Crippen molar-refractivity contribution in [3.63, 3.8) is 0 Å². The van der Waals surface area contributed by atoms with E-state index in [-0.39, 0.29) is 0 Å². The van der Waals surface area contributed by atoms with E-state index < -0.39 is 0 Å². The summed E-state index contributed by atoms with van der Waals surface area (Å²) in [5.41, 5.74) is 8.64. The lowest BCUT2D eigenvalue weighted by atomic mass is 10.4. The molecule has 0 fully saturated rings. The van der Waals surface area contributed by atoms with E-state index >= 15 is 0 Å². The molecular formula is C6H7N3O. The highest BCUT2D eigenvalue weighted by Gasteiger charge is 1.99. The average Bonchev–Trinajstić information content (AvgIpc) is 2.13. The van der Waals surface area contributed by atoms with Gasteiger partial charge in [-0.3, -0.25) is 0 Å². The first-order chi connectivity index (χ1) is 4.74. The molecule has 52 valence electrons. The first-order valence-corrected chi connectivity index (χ1v) is 2.86. The van der Waals surface area contributed by atoms with E-state index in [1.807, 2.05) is 6.92 Å². The number of aryl methyl sites for hydroxylation is 2. The van der Waals surface area contributed by atoms with Gasteiger partial charge in [0.05, 0.1) is 5.69 Å². The van der Waals surface area contributed by atoms with Crippen molar-refractivity contribution < 1.29 is 4.42 Å². The summed E-state index contributed by atoms with van der Waals surface area (Å²) in [5.74, 6) is 1.43. The molecule has 0 atom stereocenters. The maximum Gasteiger partial charge on any atom is 0.110 e. The van der Waals surface area contributed by atoms with Gasteiger partial charge >= 0.3 is 0 Å². The lowest BCUT2D eigenvalue weighted by molar-refractivity contribution is 0.505. The molecule has 0 saturated heterocycles. The highest BCUT2D eigenvalue weighted by molar-refractivity contribution is 5.41. The summed E-state index contributed by atoms with van der Waals surface area (Å²) in [5, 5.41) is 3.41. The average molecular weight is 137 g/mol. The van der Waals surface area contributed by atoms with E-state index in [9.17, 15) is 0 Å². The zero-order valence-corrected chi connectivity index (χ0v) is 5.83. The van der Waals surface area contributed by atoms with Gasteiger partial charge in [0.1, 0.15) is 11.5 Å². The molecule has 0 amide bonds. The molecule has 4 nitrogen and oxygen atoms in total. The zero-order valence-electron chi connectivity index (χ0n) is 5.83. The number of azide groups is 1. The third kappa shape index (κ3) is 1.11. The molecule has 0 spiro atoms. The molecule has 0 aliphatic heterocycles. The molecule has 1 heterocycles. The van der Waals surface area contributed by atoms with Gasteiger partial charge in [0.25, 0.3) is 0 Å². The quantitative estimate of drug-likeness (QED) is 0.333. The van der Waals surface area contributed by atoms with Gasteiger partial charge in [0.15, 0.2) is 0 Å². The van der Waals surface area contributed by atoms with Crippen LogP contribution in [-0.4, -0.2) is 0 Å². The fourth-order valence-corrected chi connectivity index (χ4v) is 0.765. The molecule has 4 heteroatoms. The van der Waals surface area contributed by atoms with E-state index in [4.69, 9.17) is 9.95 Å². The van der Waals surface area contributed by atoms with E-state index in [1.54, 1.807) is 13.0 Å². The lowest BCUT2D eigenvalue weighted by Crippen LogP contribution is -1.57. The predicted octanol–water partition coefficient (Wildman–Crippen LogP) is 2.84. The van der Waals surface area contributed by atoms with Crippen LogP contribution in [0.15, 0.2) is 15.6 Å². The Balaban J connectivity index is 3.14. The fourth-order valence-electron chi connectivity index (χ4n) is 0.765. The van der Waals surface area contributed by atoms with Gasteiger partial charge < -0.3 is 4.42 Å². The van der Waals surface area contributed by atoms with Crippen molar-refractivity contribution in [2.45, 2.75) is 13.8 Å². The molecule has 0 radical (unpaired) electrons. The van der Waals surface area contributed by atoms with Crippen LogP contribution >= 0.6 is 0 Å². The van der Waals surface area contributed by atoms with Crippen LogP contribution in [0.2, 0.25) is 0 Å². The molecular weight excluding hydrogens is 130 g/mol. The van der Waals surface area contributed by atoms with Crippen LogP contribution in [0.1, 0.15) is 11.5 Å². The minimum atomic E-state index is 0.569. The molecule has 10 heavy (non-hydrogen) atoms. The first kappa shape index (κ1) is 6.71. The van der Waals surface area contributed by atoms with Crippen LogP contribution in [0.25, 0.3) is 10.4 Å². The van der Waals surface area contributed by atoms with Crippen LogP contribution < -0.4 is 0 Å². The van der Waals surface area contributed by atoms with Gasteiger partial charge in [-0.1, -0.05) is 5.11 Å². The molecule has 0 N–H and O–H groups in total. The maximum atomic E-state index is 8.07. The van der Waals surface area contributed by atoms with Crippen LogP contribution in [0.3, 0.4) is 0 Å². The topological polar surface area (TPSA) is 61.9 Å². The molecule has 1 aromatic rings. The van der Waals surface area contributed by atoms with Crippen LogP contribution in [-0.2, 0) is 0 Å². The van der Waals surface area contributed by atoms with E-state index in [0.29, 0.717) is 11.4 Å². The molecule has 0 aliphatic rings. The number of nitrogens with zero attached hydrogens (tertiary/aromatic N) is 3. The molecule has 0 aromatic carbocycles. The van der Waals surface area contributed by atoms with Gasteiger partial charge in [-0.05, 0) is 25.4 Å². The van der Waals surface area contributed by atoms with Gasteiger partial charge in [0.2, 0.25) is 0 Å². The third-order valence-electron chi connectivity index (χ3n) is 1.17. The van der Waals surface area contributed by atoms with E-state index in [1.165, 1.54) is 0 Å². The smallest absolute Gasteiger partial charge is 0.110 e. The molecule has 0 unspecified atom stereocenters. The normalized spacial score (nSPS) is 9.00. The van der Waals surface area contributed by atoms with Crippen molar-refractivity contribution in [1.82, 2.24) is 0 Å². The number of rotatable bonds is 1. The van der Waals surface area contributed by atoms with Gasteiger partial charge in [0, 0.05) is 4.91 Å². The minimum absolute atomic E-state index is 0.569. The standard InChI is InChI=1S/C6H7N3O/c1-4-3-6(8-9-7)5(2)10-4/h3H,1-2H3. The van der Waals surface area contributed by atoms with Crippen molar-refractivity contribution >= 4 is 5.69 Å². The summed E-state index contributed by atoms with van der Waals surface area (Å²) in [4.78, 5) is 2.65. The van der Waals surface area contributed by atoms with Crippen LogP contribution in [0.5, 0.6) is 0 Å². The second kappa shape index (κ2) is 2.45. The Morgan fingerprint density at radius 3 is 2.70 bits per heavy atom. The summed E-state index contributed by atoms with van der Waals surface area (Å²) in [6, 6.07) is 1.70. The minimum Gasteiger partial charge on any atom is -0.466 e. The molecule has 1 aromatic heterocycles. The monoisotopic (exact) mass is 137 g/mol. The third-order valence-corrected chi connectivity index (χ3v) is 1.17. The van der Waals surface area contributed by atoms with Crippen molar-refractivity contribution in [2.24, 2.45) is 5.11 Å². The summed E-state index contributed by atoms with van der Waals surface area (Å²) in [6.45, 7) is 3.57. The van der Waals surface area contributed by atoms with Crippen LogP contribution in [0, 0.1) is 13.8 Å². The summed E-state index contributed by atoms with van der Waals surface area (Å²) >= 11 is 0. The van der Waals surface area contributed by atoms with Gasteiger partial charge in [-0.15, -0.1) is 0 Å². The Labute approximate surface area is 58.1 Å². The van der Waals surface area contributed by atoms with Gasteiger partial charge in [-0.2, -0.15) is 0 Å². The Morgan fingerprint density at radius 2 is 2.30 bits per heavy atom. The molecule has 0 aliphatic carbocycles. The zero-order chi connectivity index (χ0) is 7.56. The summed E-state index contributed by atoms with van der Waals surface area (Å²) in [7, 11) is 0. The highest BCUT2D eigenvalue weighted by Crippen LogP contribution is 2.22. The molecule has 0 saturated carbocycles. The van der Waals surface area contributed by atoms with Gasteiger partial charge in [-0.25, -0.2) is 0 Å². The van der Waals surface area contributed by atoms with Crippen LogP contribution in [0.4, 0.5) is 5.69 Å². The Hall–Kier alpha value is -1.41. The molecule has 0 bridgehead atoms. The van der Waals surface area contributed by atoms with Crippen molar-refractivity contribution in [3.05, 3.63) is 28.0 Å². The number of hydrogen-bond acceptors (Lipinski definition) is 2. The summed E-state index contributed by atoms with van der Waals surface area (Å²) < 4.78 is 5.10. The largest absolute Gasteiger partial charge is 0.466 e. The number of furan rings is 1. The second-order valence-electron chi connectivity index (χ2n) is 1.99. The first-order valence-electron chi connectivity index (χ1n) is 2.86. The SMILES string of the molecule is Cc1cc(N=[N+]=[N-])c(C)o1. The number of hydrogen-bond donors (Lipinski definition) is 0. The summed E-state index contributed by atoms with van der Waals surface area (Å²) in [6.07, 6.45) is 0. The van der Waals surface area contributed by atoms with Crippen molar-refractivity contribution in [1.29, 1.82) is 0 Å².